The zero-order valence-corrected chi connectivity index (χ0v) is 7.03. The third kappa shape index (κ3) is 1.96. The van der Waals surface area contributed by atoms with E-state index in [0.717, 1.165) is 5.57 Å². The molecule has 0 N–H and O–H groups in total. The summed E-state index contributed by atoms with van der Waals surface area (Å²) in [4.78, 5) is 0. The van der Waals surface area contributed by atoms with Crippen LogP contribution in [0.4, 0.5) is 0 Å². The largest absolute Gasteiger partial charge is 0.0990 e. The van der Waals surface area contributed by atoms with Crippen molar-refractivity contribution in [2.24, 2.45) is 0 Å². The van der Waals surface area contributed by atoms with Crippen LogP contribution in [-0.4, -0.2) is 0 Å². The molecule has 0 amide bonds. The second kappa shape index (κ2) is 4.35. The highest BCUT2D eigenvalue weighted by atomic mass is 14.0. The Bertz CT molecular complexity index is 291. The molecular weight excluding hydrogens is 144 g/mol. The molecule has 0 atom stereocenters. The minimum Gasteiger partial charge on any atom is -0.0990 e. The monoisotopic (exact) mass is 156 g/mol. The van der Waals surface area contributed by atoms with Crippen molar-refractivity contribution in [1.82, 2.24) is 0 Å². The van der Waals surface area contributed by atoms with E-state index in [9.17, 15) is 0 Å². The summed E-state index contributed by atoms with van der Waals surface area (Å²) in [6, 6.07) is 10.1. The predicted molar refractivity (Wildman–Crippen MR) is 54.8 cm³/mol. The summed E-state index contributed by atoms with van der Waals surface area (Å²) in [7, 11) is 0. The normalized spacial score (nSPS) is 10.8. The van der Waals surface area contributed by atoms with Crippen LogP contribution >= 0.6 is 0 Å². The van der Waals surface area contributed by atoms with Crippen LogP contribution in [0, 0.1) is 0 Å². The molecule has 0 saturated heterocycles. The first-order valence-corrected chi connectivity index (χ1v) is 3.89. The Morgan fingerprint density at radius 3 is 2.25 bits per heavy atom. The van der Waals surface area contributed by atoms with Gasteiger partial charge in [-0.25, -0.2) is 0 Å². The average molecular weight is 156 g/mol. The standard InChI is InChI=1S/C12H12/c1-3-8-11(4-2)12-9-6-5-7-10-12/h3-10H,1-2H2/b11-8+. The Hall–Kier alpha value is -1.56. The van der Waals surface area contributed by atoms with Gasteiger partial charge < -0.3 is 0 Å². The number of hydrogen-bond donors (Lipinski definition) is 0. The molecule has 0 aromatic heterocycles. The molecular formula is C12H12. The maximum Gasteiger partial charge on any atom is -0.0184 e. The van der Waals surface area contributed by atoms with Gasteiger partial charge in [-0.1, -0.05) is 61.7 Å². The fourth-order valence-electron chi connectivity index (χ4n) is 1.04. The van der Waals surface area contributed by atoms with Gasteiger partial charge in [0.25, 0.3) is 0 Å². The highest BCUT2D eigenvalue weighted by Gasteiger charge is 1.92. The highest BCUT2D eigenvalue weighted by Crippen LogP contribution is 2.14. The summed E-state index contributed by atoms with van der Waals surface area (Å²) in [6.07, 6.45) is 5.54. The number of allylic oxidation sites excluding steroid dienone is 4. The Labute approximate surface area is 73.6 Å². The molecule has 0 bridgehead atoms. The van der Waals surface area contributed by atoms with Crippen molar-refractivity contribution in [3.8, 4) is 0 Å². The van der Waals surface area contributed by atoms with Crippen molar-refractivity contribution in [2.45, 2.75) is 0 Å². The molecule has 0 nitrogen and oxygen atoms in total. The third-order valence-corrected chi connectivity index (χ3v) is 1.62. The Balaban J connectivity index is 3.03. The van der Waals surface area contributed by atoms with Crippen molar-refractivity contribution >= 4 is 5.57 Å². The molecule has 0 unspecified atom stereocenters. The van der Waals surface area contributed by atoms with Crippen molar-refractivity contribution in [2.75, 3.05) is 0 Å². The van der Waals surface area contributed by atoms with Gasteiger partial charge in [0.05, 0.1) is 0 Å². The van der Waals surface area contributed by atoms with Gasteiger partial charge >= 0.3 is 0 Å². The summed E-state index contributed by atoms with van der Waals surface area (Å²) in [5.41, 5.74) is 2.28. The highest BCUT2D eigenvalue weighted by molar-refractivity contribution is 5.74. The zero-order valence-electron chi connectivity index (χ0n) is 7.03. The van der Waals surface area contributed by atoms with Gasteiger partial charge in [-0.3, -0.25) is 0 Å². The molecule has 0 aliphatic heterocycles. The lowest BCUT2D eigenvalue weighted by Crippen LogP contribution is -1.77. The van der Waals surface area contributed by atoms with Crippen molar-refractivity contribution in [1.29, 1.82) is 0 Å². The molecule has 12 heavy (non-hydrogen) atoms. The molecule has 0 aliphatic carbocycles. The van der Waals surface area contributed by atoms with Crippen LogP contribution in [0.3, 0.4) is 0 Å². The van der Waals surface area contributed by atoms with E-state index in [1.807, 2.05) is 30.4 Å². The molecule has 0 spiro atoms. The van der Waals surface area contributed by atoms with Crippen LogP contribution in [0.2, 0.25) is 0 Å². The third-order valence-electron chi connectivity index (χ3n) is 1.62. The quantitative estimate of drug-likeness (QED) is 0.588. The Morgan fingerprint density at radius 2 is 1.75 bits per heavy atom. The van der Waals surface area contributed by atoms with Gasteiger partial charge in [0, 0.05) is 0 Å². The van der Waals surface area contributed by atoms with E-state index in [2.05, 4.69) is 25.3 Å². The SMILES string of the molecule is C=C/C=C(\C=C)c1ccccc1. The lowest BCUT2D eigenvalue weighted by atomic mass is 10.1. The molecule has 0 saturated carbocycles. The second-order valence-corrected chi connectivity index (χ2v) is 2.43. The molecule has 1 aromatic rings. The van der Waals surface area contributed by atoms with Crippen molar-refractivity contribution < 1.29 is 0 Å². The van der Waals surface area contributed by atoms with Gasteiger partial charge in [0.15, 0.2) is 0 Å². The maximum absolute atomic E-state index is 3.74. The first-order valence-electron chi connectivity index (χ1n) is 3.89. The van der Waals surface area contributed by atoms with Gasteiger partial charge in [0.2, 0.25) is 0 Å². The summed E-state index contributed by atoms with van der Waals surface area (Å²) in [5, 5.41) is 0. The number of hydrogen-bond acceptors (Lipinski definition) is 0. The summed E-state index contributed by atoms with van der Waals surface area (Å²) < 4.78 is 0. The molecule has 0 aliphatic rings. The fraction of sp³-hybridized carbons (Fsp3) is 0. The minimum atomic E-state index is 1.10. The van der Waals surface area contributed by atoms with Crippen molar-refractivity contribution in [3.63, 3.8) is 0 Å². The lowest BCUT2D eigenvalue weighted by molar-refractivity contribution is 1.62. The zero-order chi connectivity index (χ0) is 8.81. The molecule has 0 heteroatoms. The van der Waals surface area contributed by atoms with Crippen LogP contribution in [0.15, 0.2) is 61.7 Å². The molecule has 1 aromatic carbocycles. The number of rotatable bonds is 3. The van der Waals surface area contributed by atoms with Crippen LogP contribution < -0.4 is 0 Å². The van der Waals surface area contributed by atoms with E-state index in [1.165, 1.54) is 5.56 Å². The Kier molecular flexibility index (Phi) is 3.09. The molecule has 0 fully saturated rings. The van der Waals surface area contributed by atoms with Crippen LogP contribution in [0.1, 0.15) is 5.56 Å². The number of benzene rings is 1. The molecule has 60 valence electrons. The minimum absolute atomic E-state index is 1.10. The first-order chi connectivity index (χ1) is 5.88. The van der Waals surface area contributed by atoms with E-state index in [0.29, 0.717) is 0 Å². The molecule has 0 heterocycles. The van der Waals surface area contributed by atoms with Gasteiger partial charge in [-0.15, -0.1) is 0 Å². The summed E-state index contributed by atoms with van der Waals surface area (Å²) >= 11 is 0. The van der Waals surface area contributed by atoms with Gasteiger partial charge in [-0.2, -0.15) is 0 Å². The summed E-state index contributed by atoms with van der Waals surface area (Å²) in [6.45, 7) is 7.39. The fourth-order valence-corrected chi connectivity index (χ4v) is 1.04. The van der Waals surface area contributed by atoms with Crippen LogP contribution in [0.25, 0.3) is 5.57 Å². The van der Waals surface area contributed by atoms with Crippen LogP contribution in [-0.2, 0) is 0 Å². The molecule has 1 rings (SSSR count). The predicted octanol–water partition coefficient (Wildman–Crippen LogP) is 3.44. The van der Waals surface area contributed by atoms with Gasteiger partial charge in [0.1, 0.15) is 0 Å². The van der Waals surface area contributed by atoms with Gasteiger partial charge in [-0.05, 0) is 11.1 Å². The molecule has 0 radical (unpaired) electrons. The van der Waals surface area contributed by atoms with Crippen LogP contribution in [0.5, 0.6) is 0 Å². The maximum atomic E-state index is 3.74. The van der Waals surface area contributed by atoms with E-state index in [4.69, 9.17) is 0 Å². The second-order valence-electron chi connectivity index (χ2n) is 2.43. The van der Waals surface area contributed by atoms with E-state index in [1.54, 1.807) is 6.08 Å². The first kappa shape index (κ1) is 8.54. The Morgan fingerprint density at radius 1 is 1.08 bits per heavy atom. The summed E-state index contributed by atoms with van der Waals surface area (Å²) in [5.74, 6) is 0. The average Bonchev–Trinajstić information content (AvgIpc) is 2.15. The van der Waals surface area contributed by atoms with E-state index in [-0.39, 0.29) is 0 Å². The lowest BCUT2D eigenvalue weighted by Gasteiger charge is -1.99. The van der Waals surface area contributed by atoms with Crippen molar-refractivity contribution in [3.05, 3.63) is 67.3 Å². The smallest absolute Gasteiger partial charge is 0.0184 e. The van der Waals surface area contributed by atoms with E-state index < -0.39 is 0 Å². The van der Waals surface area contributed by atoms with E-state index >= 15 is 0 Å². The topological polar surface area (TPSA) is 0 Å².